The number of allylic oxidation sites excluding steroid dienone is 4. The number of ketones is 2. The highest BCUT2D eigenvalue weighted by molar-refractivity contribution is 6.18. The fourth-order valence-corrected chi connectivity index (χ4v) is 6.63. The molecule has 4 atom stereocenters. The zero-order valence-electron chi connectivity index (χ0n) is 21.6. The fourth-order valence-electron chi connectivity index (χ4n) is 6.63. The van der Waals surface area contributed by atoms with Gasteiger partial charge in [0.1, 0.15) is 22.8 Å². The molecular weight excluding hydrogens is 444 g/mol. The summed E-state index contributed by atoms with van der Waals surface area (Å²) in [5.74, 6) is -0.296. The van der Waals surface area contributed by atoms with E-state index in [4.69, 9.17) is 14.2 Å². The van der Waals surface area contributed by atoms with Gasteiger partial charge in [-0.15, -0.1) is 0 Å². The Labute approximate surface area is 206 Å². The van der Waals surface area contributed by atoms with Crippen LogP contribution in [0.1, 0.15) is 70.3 Å². The van der Waals surface area contributed by atoms with Crippen LogP contribution in [0.25, 0.3) is 0 Å². The Morgan fingerprint density at radius 3 is 2.49 bits per heavy atom. The van der Waals surface area contributed by atoms with Crippen LogP contribution in [0, 0.1) is 11.8 Å². The van der Waals surface area contributed by atoms with Crippen LogP contribution >= 0.6 is 0 Å². The third-order valence-corrected chi connectivity index (χ3v) is 8.15. The van der Waals surface area contributed by atoms with Crippen LogP contribution in [0.3, 0.4) is 0 Å². The molecular formula is C29H34O6. The predicted octanol–water partition coefficient (Wildman–Crippen LogP) is 5.27. The van der Waals surface area contributed by atoms with Gasteiger partial charge in [-0.25, -0.2) is 0 Å². The number of carbonyl (C=O) groups excluding carboxylic acids is 2. The first-order valence-electron chi connectivity index (χ1n) is 12.3. The highest BCUT2D eigenvalue weighted by Gasteiger charge is 2.81. The molecule has 3 aliphatic carbocycles. The lowest BCUT2D eigenvalue weighted by molar-refractivity contribution is -0.171. The first-order valence-corrected chi connectivity index (χ1v) is 12.3. The molecule has 1 N–H and O–H groups in total. The Kier molecular flexibility index (Phi) is 5.16. The van der Waals surface area contributed by atoms with Gasteiger partial charge in [-0.1, -0.05) is 29.4 Å². The summed E-state index contributed by atoms with van der Waals surface area (Å²) in [5, 5.41) is 11.0. The van der Waals surface area contributed by atoms with Crippen LogP contribution in [0.15, 0.2) is 41.0 Å². The van der Waals surface area contributed by atoms with E-state index in [2.05, 4.69) is 0 Å². The molecule has 6 heteroatoms. The number of Topliss-reactive ketones (excluding diaryl/α,β-unsaturated/α-hetero) is 2. The average molecular weight is 479 g/mol. The Balaban J connectivity index is 1.82. The molecule has 1 spiro atoms. The maximum atomic E-state index is 14.2. The number of benzene rings is 1. The number of hydrogen-bond donors (Lipinski definition) is 1. The van der Waals surface area contributed by atoms with Crippen molar-refractivity contribution in [2.75, 3.05) is 7.11 Å². The van der Waals surface area contributed by atoms with Crippen molar-refractivity contribution in [3.8, 4) is 17.2 Å². The van der Waals surface area contributed by atoms with Crippen LogP contribution in [0.2, 0.25) is 0 Å². The first-order chi connectivity index (χ1) is 16.4. The molecule has 0 unspecified atom stereocenters. The number of hydrogen-bond acceptors (Lipinski definition) is 6. The van der Waals surface area contributed by atoms with Crippen LogP contribution < -0.4 is 9.47 Å². The topological polar surface area (TPSA) is 82.1 Å². The van der Waals surface area contributed by atoms with Gasteiger partial charge in [-0.05, 0) is 54.4 Å². The number of fused-ring (bicyclic) bond motifs is 1. The molecule has 1 aromatic carbocycles. The lowest BCUT2D eigenvalue weighted by Gasteiger charge is -2.56. The zero-order valence-corrected chi connectivity index (χ0v) is 21.6. The third kappa shape index (κ3) is 2.98. The Morgan fingerprint density at radius 1 is 1.17 bits per heavy atom. The highest BCUT2D eigenvalue weighted by Crippen LogP contribution is 2.68. The summed E-state index contributed by atoms with van der Waals surface area (Å²) in [6.07, 6.45) is 7.06. The van der Waals surface area contributed by atoms with Gasteiger partial charge >= 0.3 is 0 Å². The maximum Gasteiger partial charge on any atom is 0.200 e. The van der Waals surface area contributed by atoms with E-state index in [9.17, 15) is 14.7 Å². The zero-order chi connectivity index (χ0) is 25.5. The van der Waals surface area contributed by atoms with Gasteiger partial charge < -0.3 is 19.3 Å². The Hall–Kier alpha value is -2.86. The van der Waals surface area contributed by atoms with Crippen molar-refractivity contribution in [1.82, 2.24) is 0 Å². The molecule has 5 aliphatic rings. The largest absolute Gasteiger partial charge is 0.507 e. The van der Waals surface area contributed by atoms with E-state index in [1.54, 1.807) is 6.08 Å². The molecule has 4 bridgehead atoms. The second-order valence-electron chi connectivity index (χ2n) is 11.3. The summed E-state index contributed by atoms with van der Waals surface area (Å²) in [7, 11) is 1.47. The minimum atomic E-state index is -1.31. The molecule has 2 fully saturated rings. The van der Waals surface area contributed by atoms with Crippen LogP contribution in [-0.2, 0) is 16.0 Å². The molecule has 2 heterocycles. The molecule has 0 aromatic heterocycles. The quantitative estimate of drug-likeness (QED) is 0.581. The van der Waals surface area contributed by atoms with E-state index < -0.39 is 22.7 Å². The Bertz CT molecular complexity index is 1240. The van der Waals surface area contributed by atoms with Crippen molar-refractivity contribution in [3.63, 3.8) is 0 Å². The maximum absolute atomic E-state index is 14.2. The van der Waals surface area contributed by atoms with Gasteiger partial charge in [0.05, 0.1) is 12.7 Å². The summed E-state index contributed by atoms with van der Waals surface area (Å²) in [5.41, 5.74) is 0.169. The van der Waals surface area contributed by atoms with E-state index in [0.717, 1.165) is 11.1 Å². The van der Waals surface area contributed by atoms with Gasteiger partial charge in [0, 0.05) is 35.5 Å². The van der Waals surface area contributed by atoms with E-state index in [0.29, 0.717) is 41.7 Å². The number of aromatic hydroxyl groups is 1. The molecule has 1 aromatic rings. The smallest absolute Gasteiger partial charge is 0.200 e. The van der Waals surface area contributed by atoms with E-state index in [-0.39, 0.29) is 29.0 Å². The second-order valence-corrected chi connectivity index (χ2v) is 11.3. The van der Waals surface area contributed by atoms with Crippen LogP contribution in [0.5, 0.6) is 17.2 Å². The number of carbonyl (C=O) groups is 2. The minimum absolute atomic E-state index is 0.00331. The summed E-state index contributed by atoms with van der Waals surface area (Å²) < 4.78 is 19.2. The second kappa shape index (κ2) is 7.57. The lowest BCUT2D eigenvalue weighted by Crippen LogP contribution is -2.72. The SMILES string of the molecule is COc1cc(O)c(CC=C(C)C)c2c1C(=O)C1=C[C@@H]3C[C@@H]4C(C)(C)O[C@@](CC=C(C)C)(C3=O)[C@@]14O2. The van der Waals surface area contributed by atoms with Crippen molar-refractivity contribution in [2.24, 2.45) is 11.8 Å². The normalized spacial score (nSPS) is 31.2. The molecule has 1 saturated carbocycles. The molecule has 186 valence electrons. The molecule has 0 amide bonds. The average Bonchev–Trinajstić information content (AvgIpc) is 2.93. The summed E-state index contributed by atoms with van der Waals surface area (Å²) in [6, 6.07) is 1.48. The third-order valence-electron chi connectivity index (χ3n) is 8.15. The van der Waals surface area contributed by atoms with E-state index >= 15 is 0 Å². The predicted molar refractivity (Wildman–Crippen MR) is 132 cm³/mol. The van der Waals surface area contributed by atoms with Crippen molar-refractivity contribution in [3.05, 3.63) is 52.1 Å². The highest BCUT2D eigenvalue weighted by atomic mass is 16.6. The molecule has 0 radical (unpaired) electrons. The number of phenolic OH excluding ortho intramolecular Hbond substituents is 1. The van der Waals surface area contributed by atoms with Crippen LogP contribution in [0.4, 0.5) is 0 Å². The summed E-state index contributed by atoms with van der Waals surface area (Å²) in [4.78, 5) is 28.2. The molecule has 6 nitrogen and oxygen atoms in total. The summed E-state index contributed by atoms with van der Waals surface area (Å²) >= 11 is 0. The Morgan fingerprint density at radius 2 is 1.86 bits per heavy atom. The monoisotopic (exact) mass is 478 g/mol. The van der Waals surface area contributed by atoms with Gasteiger partial charge in [-0.2, -0.15) is 0 Å². The van der Waals surface area contributed by atoms with Crippen molar-refractivity contribution in [2.45, 2.75) is 77.6 Å². The van der Waals surface area contributed by atoms with Crippen molar-refractivity contribution < 1.29 is 28.9 Å². The van der Waals surface area contributed by atoms with Crippen molar-refractivity contribution in [1.29, 1.82) is 0 Å². The number of ether oxygens (including phenoxy) is 3. The van der Waals surface area contributed by atoms with Gasteiger partial charge in [0.25, 0.3) is 0 Å². The number of phenols is 1. The van der Waals surface area contributed by atoms with Gasteiger partial charge in [0.2, 0.25) is 0 Å². The first kappa shape index (κ1) is 23.9. The molecule has 6 rings (SSSR count). The number of methoxy groups -OCH3 is 1. The number of rotatable bonds is 5. The summed E-state index contributed by atoms with van der Waals surface area (Å²) in [6.45, 7) is 11.9. The molecule has 2 aliphatic heterocycles. The van der Waals surface area contributed by atoms with Crippen LogP contribution in [-0.4, -0.2) is 40.6 Å². The standard InChI is InChI=1S/C29H34O6/c1-15(2)8-9-18-20(30)14-21(33-7)23-24(31)19-12-17-13-22-27(5,6)35-28(26(17)32,11-10-16(3)4)29(19,22)34-25(18)23/h8,10,12,14,17,22,30H,9,11,13H2,1-7H3/t17-,22-,28+,29-/m1/s1. The van der Waals surface area contributed by atoms with Gasteiger partial charge in [0.15, 0.2) is 22.8 Å². The van der Waals surface area contributed by atoms with E-state index in [1.807, 2.05) is 53.7 Å². The van der Waals surface area contributed by atoms with Crippen molar-refractivity contribution >= 4 is 11.6 Å². The molecule has 1 saturated heterocycles. The van der Waals surface area contributed by atoms with E-state index in [1.165, 1.54) is 13.2 Å². The molecule has 35 heavy (non-hydrogen) atoms. The minimum Gasteiger partial charge on any atom is -0.507 e. The van der Waals surface area contributed by atoms with Gasteiger partial charge in [-0.3, -0.25) is 9.59 Å². The fraction of sp³-hybridized carbons (Fsp3) is 0.517. The lowest BCUT2D eigenvalue weighted by atomic mass is 9.51.